The van der Waals surface area contributed by atoms with Gasteiger partial charge >= 0.3 is 0 Å². The second-order valence-electron chi connectivity index (χ2n) is 13.1. The lowest BCUT2D eigenvalue weighted by atomic mass is 9.44. The van der Waals surface area contributed by atoms with Crippen LogP contribution in [-0.2, 0) is 19.7 Å². The lowest BCUT2D eigenvalue weighted by Gasteiger charge is -2.60. The average molecular weight is 493 g/mol. The molecule has 1 saturated heterocycles. The number of likely N-dealkylation sites (tertiary alicyclic amines) is 1. The van der Waals surface area contributed by atoms with Gasteiger partial charge in [-0.3, -0.25) is 9.59 Å². The monoisotopic (exact) mass is 492 g/mol. The van der Waals surface area contributed by atoms with E-state index in [1.807, 2.05) is 0 Å². The number of hydrogen-bond donors (Lipinski definition) is 0. The molecule has 7 heteroatoms. The van der Waals surface area contributed by atoms with Gasteiger partial charge in [0.15, 0.2) is 0 Å². The van der Waals surface area contributed by atoms with Crippen LogP contribution >= 0.6 is 0 Å². The van der Waals surface area contributed by atoms with Gasteiger partial charge in [0, 0.05) is 32.4 Å². The number of carbonyl (C=O) groups is 2. The molecule has 6 nitrogen and oxygen atoms in total. The third-order valence-corrected chi connectivity index (χ3v) is 12.8. The Balaban J connectivity index is 1.20. The van der Waals surface area contributed by atoms with Gasteiger partial charge in [0.25, 0.3) is 0 Å². The van der Waals surface area contributed by atoms with Crippen LogP contribution < -0.4 is 0 Å². The highest BCUT2D eigenvalue weighted by Crippen LogP contribution is 2.68. The van der Waals surface area contributed by atoms with Crippen molar-refractivity contribution in [3.63, 3.8) is 0 Å². The molecular formula is C27H42NO5S-. The van der Waals surface area contributed by atoms with Gasteiger partial charge in [-0.05, 0) is 97.7 Å². The van der Waals surface area contributed by atoms with Gasteiger partial charge in [-0.15, -0.1) is 0 Å². The SMILES string of the molecule is C[C@H](CCC(=O)N1CC(S(=O)(=O)[O-])C1)[C@H]1CC[C@H]2[C@@H]3CC[C@@H]4CC(=O)CC[C@]4(C)[C@H]3CC[C@]12C. The lowest BCUT2D eigenvalue weighted by molar-refractivity contribution is -0.140. The van der Waals surface area contributed by atoms with Gasteiger partial charge in [-0.25, -0.2) is 8.42 Å². The molecule has 192 valence electrons. The molecule has 34 heavy (non-hydrogen) atoms. The summed E-state index contributed by atoms with van der Waals surface area (Å²) in [6.45, 7) is 7.47. The Morgan fingerprint density at radius 1 is 1.06 bits per heavy atom. The van der Waals surface area contributed by atoms with E-state index < -0.39 is 15.4 Å². The number of hydrogen-bond acceptors (Lipinski definition) is 5. The van der Waals surface area contributed by atoms with Gasteiger partial charge < -0.3 is 9.45 Å². The first-order chi connectivity index (χ1) is 15.9. The molecule has 0 N–H and O–H groups in total. The summed E-state index contributed by atoms with van der Waals surface area (Å²) in [7, 11) is -4.28. The highest BCUT2D eigenvalue weighted by atomic mass is 32.2. The summed E-state index contributed by atoms with van der Waals surface area (Å²) in [5.74, 6) is 4.50. The van der Waals surface area contributed by atoms with E-state index in [9.17, 15) is 22.6 Å². The fourth-order valence-electron chi connectivity index (χ4n) is 9.56. The minimum atomic E-state index is -4.28. The first-order valence-electron chi connectivity index (χ1n) is 13.7. The molecule has 4 aliphatic carbocycles. The summed E-state index contributed by atoms with van der Waals surface area (Å²) in [6, 6.07) is 0. The number of fused-ring (bicyclic) bond motifs is 5. The van der Waals surface area contributed by atoms with Crippen molar-refractivity contribution < 1.29 is 22.6 Å². The highest BCUT2D eigenvalue weighted by Gasteiger charge is 2.60. The first kappa shape index (κ1) is 24.7. The number of Topliss-reactive ketones (excluding diaryl/α,β-unsaturated/α-hetero) is 1. The zero-order chi connectivity index (χ0) is 24.5. The van der Waals surface area contributed by atoms with Crippen molar-refractivity contribution in [2.24, 2.45) is 46.3 Å². The van der Waals surface area contributed by atoms with Crippen molar-refractivity contribution in [2.45, 2.75) is 96.7 Å². The summed E-state index contributed by atoms with van der Waals surface area (Å²) in [6.07, 6.45) is 11.6. The number of rotatable bonds is 5. The van der Waals surface area contributed by atoms with Gasteiger partial charge in [-0.2, -0.15) is 0 Å². The van der Waals surface area contributed by atoms with Gasteiger partial charge in [-0.1, -0.05) is 20.8 Å². The zero-order valence-corrected chi connectivity index (χ0v) is 21.9. The molecule has 0 bridgehead atoms. The van der Waals surface area contributed by atoms with E-state index in [0.29, 0.717) is 40.8 Å². The summed E-state index contributed by atoms with van der Waals surface area (Å²) >= 11 is 0. The molecular weight excluding hydrogens is 450 g/mol. The Bertz CT molecular complexity index is 943. The molecule has 1 amide bonds. The molecule has 1 aliphatic heterocycles. The second kappa shape index (κ2) is 8.57. The van der Waals surface area contributed by atoms with E-state index in [1.165, 1.54) is 43.4 Å². The van der Waals surface area contributed by atoms with E-state index >= 15 is 0 Å². The maximum absolute atomic E-state index is 12.6. The van der Waals surface area contributed by atoms with Gasteiger partial charge in [0.05, 0.1) is 5.25 Å². The maximum atomic E-state index is 12.6. The third-order valence-electron chi connectivity index (χ3n) is 11.7. The smallest absolute Gasteiger partial charge is 0.222 e. The van der Waals surface area contributed by atoms with Crippen LogP contribution in [0.1, 0.15) is 91.4 Å². The Kier molecular flexibility index (Phi) is 6.23. The van der Waals surface area contributed by atoms with E-state index in [2.05, 4.69) is 20.8 Å². The van der Waals surface area contributed by atoms with E-state index in [-0.39, 0.29) is 19.0 Å². The van der Waals surface area contributed by atoms with E-state index in [1.54, 1.807) is 0 Å². The highest BCUT2D eigenvalue weighted by molar-refractivity contribution is 7.86. The summed E-state index contributed by atoms with van der Waals surface area (Å²) < 4.78 is 33.3. The van der Waals surface area contributed by atoms with Crippen molar-refractivity contribution >= 4 is 21.8 Å². The molecule has 5 fully saturated rings. The van der Waals surface area contributed by atoms with Crippen LogP contribution in [0.2, 0.25) is 0 Å². The van der Waals surface area contributed by atoms with Crippen molar-refractivity contribution in [2.75, 3.05) is 13.1 Å². The van der Waals surface area contributed by atoms with Crippen LogP contribution in [0.3, 0.4) is 0 Å². The lowest BCUT2D eigenvalue weighted by Crippen LogP contribution is -2.56. The molecule has 4 saturated carbocycles. The number of amides is 1. The van der Waals surface area contributed by atoms with Gasteiger partial charge in [0.1, 0.15) is 15.9 Å². The Morgan fingerprint density at radius 3 is 2.47 bits per heavy atom. The standard InChI is InChI=1S/C27H43NO5S/c1-17(4-9-25(30)28-15-20(16-28)34(31,32)33)22-7-8-23-21-6-5-18-14-19(29)10-12-26(18,2)24(21)11-13-27(22,23)3/h17-18,20-24H,4-16H2,1-3H3,(H,31,32,33)/p-1/t17-,18-,21+,22-,23+,24+,26+,27-/m1/s1. The first-order valence-corrected chi connectivity index (χ1v) is 15.1. The molecule has 1 heterocycles. The summed E-state index contributed by atoms with van der Waals surface area (Å²) in [4.78, 5) is 26.2. The number of nitrogens with zero attached hydrogens (tertiary/aromatic N) is 1. The number of ketones is 1. The molecule has 0 aromatic heterocycles. The van der Waals surface area contributed by atoms with Crippen LogP contribution in [0, 0.1) is 46.3 Å². The Morgan fingerprint density at radius 2 is 1.76 bits per heavy atom. The Labute approximate surface area is 205 Å². The van der Waals surface area contributed by atoms with Crippen LogP contribution in [0.4, 0.5) is 0 Å². The number of carbonyl (C=O) groups excluding carboxylic acids is 2. The second-order valence-corrected chi connectivity index (χ2v) is 14.7. The van der Waals surface area contributed by atoms with Crippen LogP contribution in [0.25, 0.3) is 0 Å². The average Bonchev–Trinajstić information content (AvgIpc) is 3.07. The van der Waals surface area contributed by atoms with Crippen molar-refractivity contribution in [3.8, 4) is 0 Å². The molecule has 5 rings (SSSR count). The normalized spacial score (nSPS) is 43.5. The largest absolute Gasteiger partial charge is 0.748 e. The summed E-state index contributed by atoms with van der Waals surface area (Å²) in [5.41, 5.74) is 0.691. The fourth-order valence-corrected chi connectivity index (χ4v) is 10.3. The van der Waals surface area contributed by atoms with Crippen LogP contribution in [0.5, 0.6) is 0 Å². The predicted molar refractivity (Wildman–Crippen MR) is 129 cm³/mol. The Hall–Kier alpha value is -0.950. The zero-order valence-electron chi connectivity index (χ0n) is 21.1. The van der Waals surface area contributed by atoms with Crippen molar-refractivity contribution in [1.82, 2.24) is 4.90 Å². The molecule has 0 aromatic rings. The minimum absolute atomic E-state index is 0.00625. The maximum Gasteiger partial charge on any atom is 0.222 e. The quantitative estimate of drug-likeness (QED) is 0.531. The molecule has 0 unspecified atom stereocenters. The predicted octanol–water partition coefficient (Wildman–Crippen LogP) is 4.39. The van der Waals surface area contributed by atoms with Crippen LogP contribution in [0.15, 0.2) is 0 Å². The third kappa shape index (κ3) is 3.97. The topological polar surface area (TPSA) is 94.6 Å². The van der Waals surface area contributed by atoms with E-state index in [4.69, 9.17) is 0 Å². The molecule has 5 aliphatic rings. The summed E-state index contributed by atoms with van der Waals surface area (Å²) in [5, 5.41) is -0.919. The van der Waals surface area contributed by atoms with Crippen molar-refractivity contribution in [3.05, 3.63) is 0 Å². The van der Waals surface area contributed by atoms with Crippen LogP contribution in [-0.4, -0.2) is 47.9 Å². The van der Waals surface area contributed by atoms with E-state index in [0.717, 1.165) is 43.4 Å². The molecule has 0 spiro atoms. The molecule has 8 atom stereocenters. The minimum Gasteiger partial charge on any atom is -0.748 e. The molecule has 0 aromatic carbocycles. The van der Waals surface area contributed by atoms with Gasteiger partial charge in [0.2, 0.25) is 5.91 Å². The molecule has 0 radical (unpaired) electrons. The fraction of sp³-hybridized carbons (Fsp3) is 0.926. The van der Waals surface area contributed by atoms with Crippen molar-refractivity contribution in [1.29, 1.82) is 0 Å².